The van der Waals surface area contributed by atoms with Crippen LogP contribution in [0.15, 0.2) is 47.3 Å². The van der Waals surface area contributed by atoms with Gasteiger partial charge in [0.1, 0.15) is 5.02 Å². The summed E-state index contributed by atoms with van der Waals surface area (Å²) in [6.07, 6.45) is 7.23. The van der Waals surface area contributed by atoms with Gasteiger partial charge in [0.15, 0.2) is 0 Å². The van der Waals surface area contributed by atoms with Crippen molar-refractivity contribution in [3.05, 3.63) is 69.1 Å². The van der Waals surface area contributed by atoms with E-state index in [0.29, 0.717) is 5.92 Å². The first kappa shape index (κ1) is 14.9. The second kappa shape index (κ2) is 6.41. The molecule has 1 aliphatic carbocycles. The van der Waals surface area contributed by atoms with Crippen LogP contribution in [0.4, 0.5) is 5.69 Å². The van der Waals surface area contributed by atoms with E-state index in [1.165, 1.54) is 25.7 Å². The minimum atomic E-state index is -0.257. The molecule has 0 spiro atoms. The van der Waals surface area contributed by atoms with Gasteiger partial charge in [0.05, 0.1) is 0 Å². The number of aromatic nitrogens is 1. The van der Waals surface area contributed by atoms with E-state index in [0.717, 1.165) is 22.5 Å². The molecule has 22 heavy (non-hydrogen) atoms. The summed E-state index contributed by atoms with van der Waals surface area (Å²) in [6.45, 7) is 0. The Bertz CT molecular complexity index is 740. The quantitative estimate of drug-likeness (QED) is 0.833. The number of allylic oxidation sites excluding steroid dienone is 1. The fraction of sp³-hybridized carbons (Fsp3) is 0.278. The Labute approximate surface area is 134 Å². The number of aromatic amines is 1. The van der Waals surface area contributed by atoms with E-state index >= 15 is 0 Å². The maximum absolute atomic E-state index is 11.8. The lowest BCUT2D eigenvalue weighted by Gasteiger charge is -2.12. The second-order valence-electron chi connectivity index (χ2n) is 5.80. The summed E-state index contributed by atoms with van der Waals surface area (Å²) in [5, 5.41) is 0.210. The monoisotopic (exact) mass is 314 g/mol. The number of nitrogens with two attached hydrogens (primary N) is 1. The average molecular weight is 315 g/mol. The minimum absolute atomic E-state index is 0.210. The molecule has 0 saturated heterocycles. The Morgan fingerprint density at radius 3 is 2.45 bits per heavy atom. The van der Waals surface area contributed by atoms with Gasteiger partial charge in [-0.25, -0.2) is 0 Å². The highest BCUT2D eigenvalue weighted by Crippen LogP contribution is 2.31. The molecule has 4 heteroatoms. The van der Waals surface area contributed by atoms with Crippen LogP contribution in [0.25, 0.3) is 5.57 Å². The molecule has 3 rings (SSSR count). The van der Waals surface area contributed by atoms with Crippen LogP contribution in [0.1, 0.15) is 36.9 Å². The lowest BCUT2D eigenvalue weighted by atomic mass is 9.96. The summed E-state index contributed by atoms with van der Waals surface area (Å²) in [5.74, 6) is 0.562. The summed E-state index contributed by atoms with van der Waals surface area (Å²) in [7, 11) is 0. The zero-order valence-corrected chi connectivity index (χ0v) is 13.1. The Kier molecular flexibility index (Phi) is 4.34. The second-order valence-corrected chi connectivity index (χ2v) is 6.20. The topological polar surface area (TPSA) is 58.9 Å². The summed E-state index contributed by atoms with van der Waals surface area (Å²) in [4.78, 5) is 14.7. The van der Waals surface area contributed by atoms with Crippen LogP contribution in [0.2, 0.25) is 5.02 Å². The molecule has 0 bridgehead atoms. The van der Waals surface area contributed by atoms with E-state index in [1.54, 1.807) is 6.07 Å². The van der Waals surface area contributed by atoms with Crippen LogP contribution in [0.3, 0.4) is 0 Å². The first-order valence-corrected chi connectivity index (χ1v) is 7.98. The van der Waals surface area contributed by atoms with Gasteiger partial charge in [0, 0.05) is 17.0 Å². The zero-order chi connectivity index (χ0) is 15.5. The maximum Gasteiger partial charge on any atom is 0.267 e. The molecule has 3 nitrogen and oxygen atoms in total. The molecular formula is C18H19ClN2O. The minimum Gasteiger partial charge on any atom is -0.399 e. The molecule has 0 unspecified atom stereocenters. The molecule has 3 N–H and O–H groups in total. The molecule has 1 fully saturated rings. The van der Waals surface area contributed by atoms with Gasteiger partial charge in [-0.3, -0.25) is 4.79 Å². The Morgan fingerprint density at radius 1 is 1.14 bits per heavy atom. The number of anilines is 1. The van der Waals surface area contributed by atoms with E-state index in [9.17, 15) is 4.79 Å². The number of halogens is 1. The number of H-pyrrole nitrogens is 1. The SMILES string of the molecule is Nc1ccc(/C(=C/C2CCCC2)c2ccc(Cl)c(=O)[nH]2)cc1. The Morgan fingerprint density at radius 2 is 1.82 bits per heavy atom. The van der Waals surface area contributed by atoms with Crippen LogP contribution in [-0.4, -0.2) is 4.98 Å². The standard InChI is InChI=1S/C18H19ClN2O/c19-16-9-10-17(21-18(16)22)15(11-12-3-1-2-4-12)13-5-7-14(20)8-6-13/h5-12H,1-4,20H2,(H,21,22)/b15-11-. The molecule has 0 aliphatic heterocycles. The highest BCUT2D eigenvalue weighted by molar-refractivity contribution is 6.30. The number of pyridine rings is 1. The molecule has 1 aliphatic rings. The molecule has 114 valence electrons. The van der Waals surface area contributed by atoms with Gasteiger partial charge in [-0.05, 0) is 48.6 Å². The Hall–Kier alpha value is -2.00. The van der Waals surface area contributed by atoms with Crippen molar-refractivity contribution in [2.75, 3.05) is 5.73 Å². The van der Waals surface area contributed by atoms with Crippen LogP contribution < -0.4 is 11.3 Å². The molecule has 0 amide bonds. The third kappa shape index (κ3) is 3.25. The molecule has 0 radical (unpaired) electrons. The number of hydrogen-bond acceptors (Lipinski definition) is 2. The lowest BCUT2D eigenvalue weighted by Crippen LogP contribution is -2.09. The fourth-order valence-electron chi connectivity index (χ4n) is 2.98. The van der Waals surface area contributed by atoms with Gasteiger partial charge < -0.3 is 10.7 Å². The highest BCUT2D eigenvalue weighted by Gasteiger charge is 2.16. The molecule has 1 saturated carbocycles. The highest BCUT2D eigenvalue weighted by atomic mass is 35.5. The van der Waals surface area contributed by atoms with Crippen LogP contribution in [-0.2, 0) is 0 Å². The van der Waals surface area contributed by atoms with Crippen LogP contribution in [0, 0.1) is 5.92 Å². The van der Waals surface area contributed by atoms with E-state index in [-0.39, 0.29) is 10.6 Å². The van der Waals surface area contributed by atoms with Crippen molar-refractivity contribution in [2.45, 2.75) is 25.7 Å². The van der Waals surface area contributed by atoms with Crippen molar-refractivity contribution < 1.29 is 0 Å². The van der Waals surface area contributed by atoms with Crippen molar-refractivity contribution in [2.24, 2.45) is 5.92 Å². The smallest absolute Gasteiger partial charge is 0.267 e. The molecule has 1 aromatic heterocycles. The van der Waals surface area contributed by atoms with Gasteiger partial charge in [-0.15, -0.1) is 0 Å². The van der Waals surface area contributed by atoms with Gasteiger partial charge in [-0.1, -0.05) is 42.7 Å². The predicted octanol–water partition coefficient (Wildman–Crippen LogP) is 4.23. The summed E-state index contributed by atoms with van der Waals surface area (Å²) >= 11 is 5.84. The van der Waals surface area contributed by atoms with E-state index in [1.807, 2.05) is 30.3 Å². The third-order valence-electron chi connectivity index (χ3n) is 4.18. The average Bonchev–Trinajstić information content (AvgIpc) is 3.02. The third-order valence-corrected chi connectivity index (χ3v) is 4.47. The number of rotatable bonds is 3. The van der Waals surface area contributed by atoms with Crippen LogP contribution >= 0.6 is 11.6 Å². The number of hydrogen-bond donors (Lipinski definition) is 2. The normalized spacial score (nSPS) is 16.1. The van der Waals surface area contributed by atoms with Gasteiger partial charge in [0.25, 0.3) is 5.56 Å². The van der Waals surface area contributed by atoms with Crippen molar-refractivity contribution in [3.63, 3.8) is 0 Å². The fourth-order valence-corrected chi connectivity index (χ4v) is 3.09. The molecule has 0 atom stereocenters. The summed E-state index contributed by atoms with van der Waals surface area (Å²) < 4.78 is 0. The summed E-state index contributed by atoms with van der Waals surface area (Å²) in [5.41, 5.74) is 9.15. The molecule has 1 heterocycles. The predicted molar refractivity (Wildman–Crippen MR) is 92.0 cm³/mol. The van der Waals surface area contributed by atoms with E-state index < -0.39 is 0 Å². The number of nitrogen functional groups attached to an aromatic ring is 1. The van der Waals surface area contributed by atoms with Gasteiger partial charge in [0.2, 0.25) is 0 Å². The van der Waals surface area contributed by atoms with Crippen molar-refractivity contribution in [1.82, 2.24) is 4.98 Å². The lowest BCUT2D eigenvalue weighted by molar-refractivity contribution is 0.687. The number of benzene rings is 1. The first-order valence-electron chi connectivity index (χ1n) is 7.60. The van der Waals surface area contributed by atoms with Gasteiger partial charge >= 0.3 is 0 Å². The van der Waals surface area contributed by atoms with E-state index in [2.05, 4.69) is 11.1 Å². The van der Waals surface area contributed by atoms with E-state index in [4.69, 9.17) is 17.3 Å². The molecule has 2 aromatic rings. The largest absolute Gasteiger partial charge is 0.399 e. The van der Waals surface area contributed by atoms with Gasteiger partial charge in [-0.2, -0.15) is 0 Å². The molecular weight excluding hydrogens is 296 g/mol. The maximum atomic E-state index is 11.8. The number of nitrogens with one attached hydrogen (secondary N) is 1. The van der Waals surface area contributed by atoms with Crippen LogP contribution in [0.5, 0.6) is 0 Å². The zero-order valence-electron chi connectivity index (χ0n) is 12.3. The van der Waals surface area contributed by atoms with Crippen molar-refractivity contribution >= 4 is 22.9 Å². The Balaban J connectivity index is 2.07. The van der Waals surface area contributed by atoms with Crippen molar-refractivity contribution in [1.29, 1.82) is 0 Å². The summed E-state index contributed by atoms with van der Waals surface area (Å²) in [6, 6.07) is 11.3. The first-order chi connectivity index (χ1) is 10.6. The van der Waals surface area contributed by atoms with Crippen molar-refractivity contribution in [3.8, 4) is 0 Å². The molecule has 1 aromatic carbocycles.